The van der Waals surface area contributed by atoms with E-state index in [0.717, 1.165) is 12.1 Å². The van der Waals surface area contributed by atoms with E-state index >= 15 is 0 Å². The van der Waals surface area contributed by atoms with Crippen molar-refractivity contribution < 1.29 is 9.53 Å². The summed E-state index contributed by atoms with van der Waals surface area (Å²) in [6.45, 7) is 2.08. The largest absolute Gasteiger partial charge is 0.479 e. The molecule has 112 valence electrons. The Kier molecular flexibility index (Phi) is 5.38. The molecule has 2 aromatic rings. The standard InChI is InChI=1S/C17H17N3O2/c1-2-13-3-5-14(6-4-13)19-17(21)20-15-7-9-16(10-8-15)22-12-11-18/h3-10H,2,12H2,1H3,(H2,19,20,21). The molecule has 0 unspecified atom stereocenters. The number of urea groups is 1. The van der Waals surface area contributed by atoms with Crippen LogP contribution in [0.25, 0.3) is 0 Å². The number of hydrogen-bond donors (Lipinski definition) is 2. The summed E-state index contributed by atoms with van der Waals surface area (Å²) in [6, 6.07) is 16.1. The highest BCUT2D eigenvalue weighted by molar-refractivity contribution is 5.99. The molecule has 5 nitrogen and oxygen atoms in total. The third-order valence-electron chi connectivity index (χ3n) is 3.04. The van der Waals surface area contributed by atoms with Crippen LogP contribution in [0.3, 0.4) is 0 Å². The van der Waals surface area contributed by atoms with Crippen LogP contribution in [0.4, 0.5) is 16.2 Å². The average molecular weight is 295 g/mol. The van der Waals surface area contributed by atoms with Crippen molar-refractivity contribution in [2.75, 3.05) is 17.2 Å². The molecule has 5 heteroatoms. The summed E-state index contributed by atoms with van der Waals surface area (Å²) in [5.41, 5.74) is 2.61. The minimum Gasteiger partial charge on any atom is -0.479 e. The first-order chi connectivity index (χ1) is 10.7. The quantitative estimate of drug-likeness (QED) is 0.881. The van der Waals surface area contributed by atoms with Crippen LogP contribution >= 0.6 is 0 Å². The van der Waals surface area contributed by atoms with Gasteiger partial charge in [-0.25, -0.2) is 4.79 Å². The molecule has 2 N–H and O–H groups in total. The van der Waals surface area contributed by atoms with Gasteiger partial charge >= 0.3 is 6.03 Å². The number of nitriles is 1. The highest BCUT2D eigenvalue weighted by Gasteiger charge is 2.03. The lowest BCUT2D eigenvalue weighted by Crippen LogP contribution is -2.19. The summed E-state index contributed by atoms with van der Waals surface area (Å²) < 4.78 is 5.14. The second-order valence-electron chi connectivity index (χ2n) is 4.60. The third kappa shape index (κ3) is 4.53. The zero-order valence-corrected chi connectivity index (χ0v) is 12.3. The van der Waals surface area contributed by atoms with Gasteiger partial charge in [-0.1, -0.05) is 19.1 Å². The smallest absolute Gasteiger partial charge is 0.323 e. The van der Waals surface area contributed by atoms with E-state index in [1.165, 1.54) is 5.56 Å². The lowest BCUT2D eigenvalue weighted by atomic mass is 10.1. The van der Waals surface area contributed by atoms with Crippen molar-refractivity contribution >= 4 is 17.4 Å². The Morgan fingerprint density at radius 3 is 2.09 bits per heavy atom. The number of hydrogen-bond acceptors (Lipinski definition) is 3. The summed E-state index contributed by atoms with van der Waals surface area (Å²) in [5.74, 6) is 0.586. The SMILES string of the molecule is CCc1ccc(NC(=O)Nc2ccc(OCC#N)cc2)cc1. The van der Waals surface area contributed by atoms with E-state index < -0.39 is 0 Å². The van der Waals surface area contributed by atoms with Crippen LogP contribution in [0.2, 0.25) is 0 Å². The maximum atomic E-state index is 11.9. The van der Waals surface area contributed by atoms with Gasteiger partial charge in [0.25, 0.3) is 0 Å². The van der Waals surface area contributed by atoms with Crippen molar-refractivity contribution in [3.8, 4) is 11.8 Å². The molecule has 0 saturated heterocycles. The molecule has 2 rings (SSSR count). The fourth-order valence-electron chi connectivity index (χ4n) is 1.87. The van der Waals surface area contributed by atoms with Crippen LogP contribution in [0.15, 0.2) is 48.5 Å². The number of nitrogens with one attached hydrogen (secondary N) is 2. The molecule has 0 bridgehead atoms. The Labute approximate surface area is 129 Å². The van der Waals surface area contributed by atoms with E-state index in [1.54, 1.807) is 24.3 Å². The number of anilines is 2. The van der Waals surface area contributed by atoms with Gasteiger partial charge in [-0.05, 0) is 48.4 Å². The van der Waals surface area contributed by atoms with E-state index in [0.29, 0.717) is 11.4 Å². The number of amides is 2. The summed E-state index contributed by atoms with van der Waals surface area (Å²) in [7, 11) is 0. The molecular formula is C17H17N3O2. The van der Waals surface area contributed by atoms with Gasteiger partial charge in [0, 0.05) is 11.4 Å². The first-order valence-corrected chi connectivity index (χ1v) is 6.98. The Morgan fingerprint density at radius 1 is 1.05 bits per heavy atom. The van der Waals surface area contributed by atoms with Crippen LogP contribution in [0.5, 0.6) is 5.75 Å². The van der Waals surface area contributed by atoms with Gasteiger partial charge in [0.05, 0.1) is 0 Å². The average Bonchev–Trinajstić information content (AvgIpc) is 2.55. The van der Waals surface area contributed by atoms with E-state index in [-0.39, 0.29) is 12.6 Å². The van der Waals surface area contributed by atoms with Crippen LogP contribution in [0, 0.1) is 11.3 Å². The predicted molar refractivity (Wildman–Crippen MR) is 86.0 cm³/mol. The lowest BCUT2D eigenvalue weighted by molar-refractivity contribution is 0.262. The number of aryl methyl sites for hydroxylation is 1. The lowest BCUT2D eigenvalue weighted by Gasteiger charge is -2.09. The second kappa shape index (κ2) is 7.70. The van der Waals surface area contributed by atoms with Crippen molar-refractivity contribution in [3.63, 3.8) is 0 Å². The molecule has 0 aliphatic rings. The number of carbonyl (C=O) groups excluding carboxylic acids is 1. The summed E-state index contributed by atoms with van der Waals surface area (Å²) in [5, 5.41) is 13.9. The molecule has 0 fully saturated rings. The van der Waals surface area contributed by atoms with Gasteiger partial charge in [0.15, 0.2) is 6.61 Å². The second-order valence-corrected chi connectivity index (χ2v) is 4.60. The van der Waals surface area contributed by atoms with Gasteiger partial charge in [-0.2, -0.15) is 5.26 Å². The molecule has 0 heterocycles. The van der Waals surface area contributed by atoms with Gasteiger partial charge < -0.3 is 15.4 Å². The monoisotopic (exact) mass is 295 g/mol. The number of carbonyl (C=O) groups is 1. The van der Waals surface area contributed by atoms with E-state index in [9.17, 15) is 4.79 Å². The van der Waals surface area contributed by atoms with Gasteiger partial charge in [-0.3, -0.25) is 0 Å². The molecule has 0 aliphatic heterocycles. The molecule has 0 spiro atoms. The molecule has 0 atom stereocenters. The summed E-state index contributed by atoms with van der Waals surface area (Å²) in [6.07, 6.45) is 0.965. The molecule has 2 amide bonds. The van der Waals surface area contributed by atoms with Crippen molar-refractivity contribution in [1.82, 2.24) is 0 Å². The van der Waals surface area contributed by atoms with Crippen molar-refractivity contribution in [2.45, 2.75) is 13.3 Å². The zero-order valence-electron chi connectivity index (χ0n) is 12.3. The maximum absolute atomic E-state index is 11.9. The van der Waals surface area contributed by atoms with Crippen LogP contribution in [-0.4, -0.2) is 12.6 Å². The minimum absolute atomic E-state index is 0.00101. The number of ether oxygens (including phenoxy) is 1. The first kappa shape index (κ1) is 15.4. The minimum atomic E-state index is -0.310. The molecule has 0 radical (unpaired) electrons. The normalized spacial score (nSPS) is 9.64. The molecule has 0 aromatic heterocycles. The number of benzene rings is 2. The van der Waals surface area contributed by atoms with Gasteiger partial charge in [-0.15, -0.1) is 0 Å². The Hall–Kier alpha value is -3.00. The highest BCUT2D eigenvalue weighted by Crippen LogP contribution is 2.16. The zero-order chi connectivity index (χ0) is 15.8. The molecular weight excluding hydrogens is 278 g/mol. The van der Waals surface area contributed by atoms with Gasteiger partial charge in [0.2, 0.25) is 0 Å². The number of nitrogens with zero attached hydrogens (tertiary/aromatic N) is 1. The Balaban J connectivity index is 1.89. The Morgan fingerprint density at radius 2 is 1.59 bits per heavy atom. The van der Waals surface area contributed by atoms with Crippen LogP contribution in [-0.2, 0) is 6.42 Å². The van der Waals surface area contributed by atoms with Crippen molar-refractivity contribution in [3.05, 3.63) is 54.1 Å². The van der Waals surface area contributed by atoms with Crippen LogP contribution < -0.4 is 15.4 Å². The molecule has 0 aliphatic carbocycles. The first-order valence-electron chi connectivity index (χ1n) is 6.98. The van der Waals surface area contributed by atoms with Crippen LogP contribution in [0.1, 0.15) is 12.5 Å². The van der Waals surface area contributed by atoms with E-state index in [1.807, 2.05) is 30.3 Å². The molecule has 22 heavy (non-hydrogen) atoms. The predicted octanol–water partition coefficient (Wildman–Crippen LogP) is 3.80. The molecule has 2 aromatic carbocycles. The van der Waals surface area contributed by atoms with Gasteiger partial charge in [0.1, 0.15) is 11.8 Å². The number of rotatable bonds is 5. The highest BCUT2D eigenvalue weighted by atomic mass is 16.5. The summed E-state index contributed by atoms with van der Waals surface area (Å²) >= 11 is 0. The topological polar surface area (TPSA) is 74.2 Å². The van der Waals surface area contributed by atoms with E-state index in [2.05, 4.69) is 17.6 Å². The fraction of sp³-hybridized carbons (Fsp3) is 0.176. The van der Waals surface area contributed by atoms with Crippen molar-refractivity contribution in [2.24, 2.45) is 0 Å². The Bertz CT molecular complexity index is 658. The molecule has 0 saturated carbocycles. The maximum Gasteiger partial charge on any atom is 0.323 e. The van der Waals surface area contributed by atoms with E-state index in [4.69, 9.17) is 10.00 Å². The fourth-order valence-corrected chi connectivity index (χ4v) is 1.87. The van der Waals surface area contributed by atoms with Crippen molar-refractivity contribution in [1.29, 1.82) is 5.26 Å². The third-order valence-corrected chi connectivity index (χ3v) is 3.04. The summed E-state index contributed by atoms with van der Waals surface area (Å²) in [4.78, 5) is 11.9.